The molecule has 0 unspecified atom stereocenters. The van der Waals surface area contributed by atoms with E-state index in [4.69, 9.17) is 15.2 Å². The molecule has 19 heavy (non-hydrogen) atoms. The molecule has 104 valence electrons. The molecule has 3 rings (SSSR count). The Morgan fingerprint density at radius 1 is 1.63 bits per heavy atom. The molecule has 0 spiro atoms. The monoisotopic (exact) mass is 269 g/mol. The van der Waals surface area contributed by atoms with E-state index in [1.807, 2.05) is 0 Å². The third-order valence-electron chi connectivity index (χ3n) is 3.77. The first-order valence-corrected chi connectivity index (χ1v) is 5.98. The zero-order valence-electron chi connectivity index (χ0n) is 10.3. The standard InChI is InChI=1S/C11H15N3O5/c1-5-2-14(10(17)13-8(5)16)9-6-7(15)11(3-12,19-9)4-18-6/h2,6-7,9,15H,3-4,12H2,1H3,(H,13,16,17)/t6-,7+,9-,11+/m1/s1. The third-order valence-corrected chi connectivity index (χ3v) is 3.77. The van der Waals surface area contributed by atoms with Gasteiger partial charge in [-0.05, 0) is 6.92 Å². The van der Waals surface area contributed by atoms with Crippen molar-refractivity contribution in [2.24, 2.45) is 5.73 Å². The Morgan fingerprint density at radius 2 is 2.37 bits per heavy atom. The first-order chi connectivity index (χ1) is 8.98. The molecule has 8 heteroatoms. The molecule has 3 heterocycles. The van der Waals surface area contributed by atoms with Crippen molar-refractivity contribution in [3.05, 3.63) is 32.6 Å². The Balaban J connectivity index is 2.04. The molecule has 2 aliphatic heterocycles. The average Bonchev–Trinajstić information content (AvgIpc) is 2.85. The van der Waals surface area contributed by atoms with Crippen molar-refractivity contribution in [2.75, 3.05) is 13.2 Å². The van der Waals surface area contributed by atoms with Gasteiger partial charge in [0.1, 0.15) is 17.8 Å². The van der Waals surface area contributed by atoms with Crippen LogP contribution >= 0.6 is 0 Å². The number of rotatable bonds is 2. The van der Waals surface area contributed by atoms with Gasteiger partial charge in [-0.1, -0.05) is 0 Å². The van der Waals surface area contributed by atoms with E-state index in [2.05, 4.69) is 4.98 Å². The number of fused-ring (bicyclic) bond motifs is 2. The fraction of sp³-hybridized carbons (Fsp3) is 0.636. The number of nitrogens with two attached hydrogens (primary N) is 1. The summed E-state index contributed by atoms with van der Waals surface area (Å²) in [6.45, 7) is 1.87. The second-order valence-electron chi connectivity index (χ2n) is 4.98. The van der Waals surface area contributed by atoms with Gasteiger partial charge in [0.05, 0.1) is 6.61 Å². The van der Waals surface area contributed by atoms with E-state index < -0.39 is 35.3 Å². The summed E-state index contributed by atoms with van der Waals surface area (Å²) >= 11 is 0. The number of ether oxygens (including phenoxy) is 2. The van der Waals surface area contributed by atoms with E-state index >= 15 is 0 Å². The van der Waals surface area contributed by atoms with Crippen molar-refractivity contribution in [3.8, 4) is 0 Å². The summed E-state index contributed by atoms with van der Waals surface area (Å²) < 4.78 is 12.4. The van der Waals surface area contributed by atoms with Gasteiger partial charge in [0.25, 0.3) is 5.56 Å². The van der Waals surface area contributed by atoms with Gasteiger partial charge >= 0.3 is 5.69 Å². The molecule has 2 saturated heterocycles. The quantitative estimate of drug-likeness (QED) is 0.562. The minimum atomic E-state index is -0.973. The smallest absolute Gasteiger partial charge is 0.330 e. The summed E-state index contributed by atoms with van der Waals surface area (Å²) in [6.07, 6.45) is -0.934. The number of nitrogens with zero attached hydrogens (tertiary/aromatic N) is 1. The van der Waals surface area contributed by atoms with E-state index in [0.29, 0.717) is 5.56 Å². The van der Waals surface area contributed by atoms with Crippen LogP contribution in [0, 0.1) is 6.92 Å². The molecular weight excluding hydrogens is 254 g/mol. The predicted octanol–water partition coefficient (Wildman–Crippen LogP) is -2.17. The first kappa shape index (κ1) is 12.5. The molecule has 2 aliphatic rings. The van der Waals surface area contributed by atoms with Crippen molar-refractivity contribution in [1.29, 1.82) is 0 Å². The largest absolute Gasteiger partial charge is 0.387 e. The lowest BCUT2D eigenvalue weighted by atomic mass is 10.00. The maximum absolute atomic E-state index is 11.8. The molecule has 0 aromatic carbocycles. The number of aromatic amines is 1. The van der Waals surface area contributed by atoms with Crippen LogP contribution in [0.15, 0.2) is 15.8 Å². The van der Waals surface area contributed by atoms with Gasteiger partial charge in [-0.3, -0.25) is 14.3 Å². The third kappa shape index (κ3) is 1.61. The Hall–Kier alpha value is -1.48. The van der Waals surface area contributed by atoms with E-state index in [0.717, 1.165) is 0 Å². The fourth-order valence-corrected chi connectivity index (χ4v) is 2.58. The molecule has 0 aliphatic carbocycles. The van der Waals surface area contributed by atoms with Crippen LogP contribution < -0.4 is 17.0 Å². The summed E-state index contributed by atoms with van der Waals surface area (Å²) in [6, 6.07) is 0. The Morgan fingerprint density at radius 3 is 3.00 bits per heavy atom. The molecule has 1 aromatic rings. The lowest BCUT2D eigenvalue weighted by Crippen LogP contribution is -2.47. The molecule has 4 atom stereocenters. The number of H-pyrrole nitrogens is 1. The molecule has 0 radical (unpaired) electrons. The van der Waals surface area contributed by atoms with Crippen LogP contribution in [0.2, 0.25) is 0 Å². The SMILES string of the molecule is Cc1cn([C@@H]2O[C@@]3(CN)CO[C@@H]2[C@@H]3O)c(=O)[nH]c1=O. The van der Waals surface area contributed by atoms with Gasteiger partial charge in [-0.2, -0.15) is 0 Å². The summed E-state index contributed by atoms with van der Waals surface area (Å²) in [4.78, 5) is 25.3. The number of aliphatic hydroxyl groups excluding tert-OH is 1. The van der Waals surface area contributed by atoms with Gasteiger partial charge in [-0.15, -0.1) is 0 Å². The van der Waals surface area contributed by atoms with Crippen molar-refractivity contribution in [2.45, 2.75) is 31.0 Å². The Labute approximate surface area is 107 Å². The zero-order valence-corrected chi connectivity index (χ0v) is 10.3. The lowest BCUT2D eigenvalue weighted by Gasteiger charge is -2.30. The molecule has 0 amide bonds. The van der Waals surface area contributed by atoms with E-state index in [9.17, 15) is 14.7 Å². The summed E-state index contributed by atoms with van der Waals surface area (Å²) in [5.41, 5.74) is 3.98. The van der Waals surface area contributed by atoms with Crippen LogP contribution in [0.5, 0.6) is 0 Å². The summed E-state index contributed by atoms with van der Waals surface area (Å²) in [5.74, 6) is 0. The van der Waals surface area contributed by atoms with Crippen LogP contribution in [0.25, 0.3) is 0 Å². The number of hydrogen-bond donors (Lipinski definition) is 3. The molecule has 0 saturated carbocycles. The normalized spacial score (nSPS) is 36.9. The first-order valence-electron chi connectivity index (χ1n) is 5.98. The van der Waals surface area contributed by atoms with Crippen molar-refractivity contribution in [1.82, 2.24) is 9.55 Å². The van der Waals surface area contributed by atoms with Gasteiger partial charge in [0, 0.05) is 18.3 Å². The maximum atomic E-state index is 11.8. The molecular formula is C11H15N3O5. The van der Waals surface area contributed by atoms with Gasteiger partial charge in [0.15, 0.2) is 6.23 Å². The maximum Gasteiger partial charge on any atom is 0.330 e. The second kappa shape index (κ2) is 4.01. The summed E-state index contributed by atoms with van der Waals surface area (Å²) in [5, 5.41) is 10.1. The van der Waals surface area contributed by atoms with Crippen LogP contribution in [0.1, 0.15) is 11.8 Å². The molecule has 8 nitrogen and oxygen atoms in total. The van der Waals surface area contributed by atoms with Crippen molar-refractivity contribution >= 4 is 0 Å². The van der Waals surface area contributed by atoms with Crippen molar-refractivity contribution in [3.63, 3.8) is 0 Å². The van der Waals surface area contributed by atoms with Gasteiger partial charge in [0.2, 0.25) is 0 Å². The highest BCUT2D eigenvalue weighted by molar-refractivity contribution is 5.09. The number of hydrogen-bond acceptors (Lipinski definition) is 6. The fourth-order valence-electron chi connectivity index (χ4n) is 2.58. The Bertz CT molecular complexity index is 623. The molecule has 1 aromatic heterocycles. The highest BCUT2D eigenvalue weighted by Crippen LogP contribution is 2.43. The number of nitrogens with one attached hydrogen (secondary N) is 1. The number of aromatic nitrogens is 2. The predicted molar refractivity (Wildman–Crippen MR) is 63.7 cm³/mol. The minimum Gasteiger partial charge on any atom is -0.387 e. The lowest BCUT2D eigenvalue weighted by molar-refractivity contribution is -0.170. The van der Waals surface area contributed by atoms with Crippen LogP contribution in [0.3, 0.4) is 0 Å². The number of aliphatic hydroxyl groups is 1. The van der Waals surface area contributed by atoms with E-state index in [1.165, 1.54) is 10.8 Å². The van der Waals surface area contributed by atoms with E-state index in [-0.39, 0.29) is 13.2 Å². The topological polar surface area (TPSA) is 120 Å². The molecule has 2 bridgehead atoms. The van der Waals surface area contributed by atoms with Crippen LogP contribution in [-0.4, -0.2) is 45.6 Å². The van der Waals surface area contributed by atoms with Crippen LogP contribution in [-0.2, 0) is 9.47 Å². The zero-order chi connectivity index (χ0) is 13.8. The highest BCUT2D eigenvalue weighted by atomic mass is 16.6. The van der Waals surface area contributed by atoms with Gasteiger partial charge in [-0.25, -0.2) is 4.79 Å². The number of aryl methyl sites for hydroxylation is 1. The van der Waals surface area contributed by atoms with Crippen molar-refractivity contribution < 1.29 is 14.6 Å². The summed E-state index contributed by atoms with van der Waals surface area (Å²) in [7, 11) is 0. The van der Waals surface area contributed by atoms with Crippen LogP contribution in [0.4, 0.5) is 0 Å². The van der Waals surface area contributed by atoms with E-state index in [1.54, 1.807) is 6.92 Å². The van der Waals surface area contributed by atoms with Gasteiger partial charge < -0.3 is 20.3 Å². The second-order valence-corrected chi connectivity index (χ2v) is 4.98. The minimum absolute atomic E-state index is 0.0955. The molecule has 4 N–H and O–H groups in total. The molecule has 2 fully saturated rings. The highest BCUT2D eigenvalue weighted by Gasteiger charge is 2.61. The average molecular weight is 269 g/mol. The Kier molecular flexibility index (Phi) is 2.65.